The molecule has 0 aromatic heterocycles. The van der Waals surface area contributed by atoms with Crippen molar-refractivity contribution in [3.63, 3.8) is 0 Å². The molecule has 1 saturated heterocycles. The molecule has 1 atom stereocenters. The van der Waals surface area contributed by atoms with Gasteiger partial charge in [0, 0.05) is 11.1 Å². The number of rotatable bonds is 7. The zero-order chi connectivity index (χ0) is 21.8. The third-order valence-corrected chi connectivity index (χ3v) is 5.17. The number of benzene rings is 2. The van der Waals surface area contributed by atoms with Crippen LogP contribution in [-0.2, 0) is 9.59 Å². The van der Waals surface area contributed by atoms with Crippen molar-refractivity contribution >= 4 is 17.4 Å². The molecule has 2 aromatic carbocycles. The third kappa shape index (κ3) is 3.89. The summed E-state index contributed by atoms with van der Waals surface area (Å²) in [5.74, 6) is -0.640. The van der Waals surface area contributed by atoms with Crippen LogP contribution in [0.1, 0.15) is 17.2 Å². The second-order valence-corrected chi connectivity index (χ2v) is 7.40. The van der Waals surface area contributed by atoms with Crippen molar-refractivity contribution < 1.29 is 29.1 Å². The van der Waals surface area contributed by atoms with Gasteiger partial charge in [0.2, 0.25) is 0 Å². The lowest BCUT2D eigenvalue weighted by Gasteiger charge is -2.27. The number of para-hydroxylation sites is 1. The van der Waals surface area contributed by atoms with E-state index in [9.17, 15) is 14.7 Å². The predicted octanol–water partition coefficient (Wildman–Crippen LogP) is 1.27. The summed E-state index contributed by atoms with van der Waals surface area (Å²) in [6.45, 7) is 0.991. The maximum absolute atomic E-state index is 13.0. The highest BCUT2D eigenvalue weighted by Crippen LogP contribution is 2.45. The Balaban J connectivity index is 2.23. The van der Waals surface area contributed by atoms with E-state index in [4.69, 9.17) is 9.47 Å². The fourth-order valence-corrected chi connectivity index (χ4v) is 3.66. The van der Waals surface area contributed by atoms with Crippen molar-refractivity contribution in [1.82, 2.24) is 4.90 Å². The van der Waals surface area contributed by atoms with Crippen molar-refractivity contribution in [2.24, 2.45) is 0 Å². The van der Waals surface area contributed by atoms with Gasteiger partial charge in [0.1, 0.15) is 5.76 Å². The summed E-state index contributed by atoms with van der Waals surface area (Å²) in [5.41, 5.74) is 1.11. The molecule has 7 heteroatoms. The smallest absolute Gasteiger partial charge is 0.295 e. The molecule has 158 valence electrons. The van der Waals surface area contributed by atoms with E-state index in [0.29, 0.717) is 35.7 Å². The number of hydrogen-bond acceptors (Lipinski definition) is 5. The van der Waals surface area contributed by atoms with E-state index in [2.05, 4.69) is 0 Å². The van der Waals surface area contributed by atoms with Crippen LogP contribution in [0.3, 0.4) is 0 Å². The van der Waals surface area contributed by atoms with Crippen molar-refractivity contribution in [3.8, 4) is 11.5 Å². The first-order valence-corrected chi connectivity index (χ1v) is 9.74. The number of carbonyl (C=O) groups is 2. The third-order valence-electron chi connectivity index (χ3n) is 5.17. The second kappa shape index (κ2) is 9.00. The first kappa shape index (κ1) is 21.4. The number of amides is 1. The van der Waals surface area contributed by atoms with Gasteiger partial charge in [0.25, 0.3) is 11.7 Å². The minimum Gasteiger partial charge on any atom is -0.507 e. The fourth-order valence-electron chi connectivity index (χ4n) is 3.66. The normalized spacial score (nSPS) is 18.2. The predicted molar refractivity (Wildman–Crippen MR) is 113 cm³/mol. The molecule has 0 saturated carbocycles. The summed E-state index contributed by atoms with van der Waals surface area (Å²) in [6, 6.07) is 13.3. The number of Topliss-reactive ketones (excluding diaryl/α,β-unsaturated/α-hetero) is 1. The summed E-state index contributed by atoms with van der Waals surface area (Å²) < 4.78 is 11.0. The van der Waals surface area contributed by atoms with Crippen LogP contribution in [0, 0.1) is 0 Å². The number of quaternary nitrogens is 1. The first-order chi connectivity index (χ1) is 14.4. The molecule has 1 heterocycles. The van der Waals surface area contributed by atoms with E-state index in [1.54, 1.807) is 42.5 Å². The molecule has 1 fully saturated rings. The Bertz CT molecular complexity index is 969. The molecule has 3 rings (SSSR count). The second-order valence-electron chi connectivity index (χ2n) is 7.40. The van der Waals surface area contributed by atoms with E-state index in [1.807, 2.05) is 20.2 Å². The van der Waals surface area contributed by atoms with Crippen LogP contribution in [0.25, 0.3) is 5.76 Å². The molecule has 0 spiro atoms. The van der Waals surface area contributed by atoms with Crippen molar-refractivity contribution in [3.05, 3.63) is 65.2 Å². The standard InChI is InChI=1S/C23H26N2O5/c1-24(2)13-14-25-19(16-11-8-12-17(29-3)22(16)30-4)18(21(27)23(25)28)20(26)15-9-6-5-7-10-15/h5-12,19,26H,13-14H2,1-4H3/p+1/t19-/m1/s1. The van der Waals surface area contributed by atoms with Crippen LogP contribution in [0.2, 0.25) is 0 Å². The number of hydrogen-bond donors (Lipinski definition) is 2. The Morgan fingerprint density at radius 2 is 1.73 bits per heavy atom. The Morgan fingerprint density at radius 3 is 2.33 bits per heavy atom. The van der Waals surface area contributed by atoms with Crippen molar-refractivity contribution in [1.29, 1.82) is 0 Å². The minimum atomic E-state index is -0.783. The van der Waals surface area contributed by atoms with E-state index < -0.39 is 17.7 Å². The highest BCUT2D eigenvalue weighted by Gasteiger charge is 2.47. The van der Waals surface area contributed by atoms with Gasteiger partial charge < -0.3 is 24.4 Å². The number of aliphatic hydroxyl groups is 1. The molecular formula is C23H27N2O5+. The van der Waals surface area contributed by atoms with E-state index in [1.165, 1.54) is 19.1 Å². The van der Waals surface area contributed by atoms with Gasteiger partial charge in [0.05, 0.1) is 53.0 Å². The molecule has 0 aliphatic carbocycles. The lowest BCUT2D eigenvalue weighted by atomic mass is 9.94. The van der Waals surface area contributed by atoms with Gasteiger partial charge in [-0.15, -0.1) is 0 Å². The minimum absolute atomic E-state index is 0.0477. The average Bonchev–Trinajstić information content (AvgIpc) is 3.01. The number of ether oxygens (including phenoxy) is 2. The summed E-state index contributed by atoms with van der Waals surface area (Å²) in [6.07, 6.45) is 0. The quantitative estimate of drug-likeness (QED) is 0.408. The highest BCUT2D eigenvalue weighted by atomic mass is 16.5. The van der Waals surface area contributed by atoms with Crippen molar-refractivity contribution in [2.45, 2.75) is 6.04 Å². The maximum Gasteiger partial charge on any atom is 0.295 e. The van der Waals surface area contributed by atoms with Crippen molar-refractivity contribution in [2.75, 3.05) is 41.4 Å². The Labute approximate surface area is 176 Å². The zero-order valence-electron chi connectivity index (χ0n) is 17.6. The molecule has 1 aliphatic rings. The van der Waals surface area contributed by atoms with Gasteiger partial charge >= 0.3 is 0 Å². The summed E-state index contributed by atoms with van der Waals surface area (Å²) in [5, 5.41) is 11.0. The number of likely N-dealkylation sites (N-methyl/N-ethyl adjacent to an activating group) is 1. The van der Waals surface area contributed by atoms with Gasteiger partial charge in [-0.25, -0.2) is 0 Å². The van der Waals surface area contributed by atoms with Crippen LogP contribution in [0.4, 0.5) is 0 Å². The Kier molecular flexibility index (Phi) is 6.42. The zero-order valence-corrected chi connectivity index (χ0v) is 17.6. The topological polar surface area (TPSA) is 80.5 Å². The molecule has 0 radical (unpaired) electrons. The number of methoxy groups -OCH3 is 2. The van der Waals surface area contributed by atoms with E-state index in [-0.39, 0.29) is 11.3 Å². The maximum atomic E-state index is 13.0. The molecule has 2 aromatic rings. The molecule has 2 N–H and O–H groups in total. The highest BCUT2D eigenvalue weighted by molar-refractivity contribution is 6.46. The molecule has 0 unspecified atom stereocenters. The van der Waals surface area contributed by atoms with E-state index >= 15 is 0 Å². The van der Waals surface area contributed by atoms with Gasteiger partial charge in [-0.2, -0.15) is 0 Å². The van der Waals surface area contributed by atoms with Crippen LogP contribution in [0.5, 0.6) is 11.5 Å². The molecule has 0 bridgehead atoms. The lowest BCUT2D eigenvalue weighted by Crippen LogP contribution is -3.06. The summed E-state index contributed by atoms with van der Waals surface area (Å²) in [7, 11) is 6.98. The molecule has 7 nitrogen and oxygen atoms in total. The number of nitrogens with one attached hydrogen (secondary N) is 1. The Hall–Kier alpha value is -3.32. The number of carbonyl (C=O) groups excluding carboxylic acids is 2. The summed E-state index contributed by atoms with van der Waals surface area (Å²) in [4.78, 5) is 28.6. The largest absolute Gasteiger partial charge is 0.507 e. The van der Waals surface area contributed by atoms with Crippen LogP contribution < -0.4 is 14.4 Å². The van der Waals surface area contributed by atoms with Gasteiger partial charge in [0.15, 0.2) is 11.5 Å². The average molecular weight is 411 g/mol. The van der Waals surface area contributed by atoms with Crippen LogP contribution in [-0.4, -0.2) is 63.1 Å². The van der Waals surface area contributed by atoms with Gasteiger partial charge in [-0.3, -0.25) is 9.59 Å². The van der Waals surface area contributed by atoms with Crippen LogP contribution >= 0.6 is 0 Å². The SMILES string of the molecule is COc1cccc([C@@H]2C(=C(O)c3ccccc3)C(=O)C(=O)N2CC[NH+](C)C)c1OC. The molecule has 1 aliphatic heterocycles. The summed E-state index contributed by atoms with van der Waals surface area (Å²) >= 11 is 0. The number of nitrogens with zero attached hydrogens (tertiary/aromatic N) is 1. The molecular weight excluding hydrogens is 384 g/mol. The van der Waals surface area contributed by atoms with Gasteiger partial charge in [-0.1, -0.05) is 42.5 Å². The number of ketones is 1. The Morgan fingerprint density at radius 1 is 1.03 bits per heavy atom. The number of likely N-dealkylation sites (tertiary alicyclic amines) is 1. The fraction of sp³-hybridized carbons (Fsp3) is 0.304. The van der Waals surface area contributed by atoms with E-state index in [0.717, 1.165) is 4.90 Å². The molecule has 1 amide bonds. The first-order valence-electron chi connectivity index (χ1n) is 9.74. The van der Waals surface area contributed by atoms with Crippen LogP contribution in [0.15, 0.2) is 54.1 Å². The van der Waals surface area contributed by atoms with Gasteiger partial charge in [-0.05, 0) is 6.07 Å². The lowest BCUT2D eigenvalue weighted by molar-refractivity contribution is -0.857. The molecule has 30 heavy (non-hydrogen) atoms. The monoisotopic (exact) mass is 411 g/mol. The number of aliphatic hydroxyl groups excluding tert-OH is 1.